The molecule has 0 aromatic heterocycles. The van der Waals surface area contributed by atoms with E-state index in [9.17, 15) is 14.7 Å². The summed E-state index contributed by atoms with van der Waals surface area (Å²) in [6.07, 6.45) is 4.62. The first kappa shape index (κ1) is 15.6. The largest absolute Gasteiger partial charge is 0.550 e. The van der Waals surface area contributed by atoms with Gasteiger partial charge in [0.05, 0.1) is 0 Å². The molecule has 3 rings (SSSR count). The number of hydrogen-bond acceptors (Lipinski definition) is 4. The summed E-state index contributed by atoms with van der Waals surface area (Å²) in [5.74, 6) is -2.33. The summed E-state index contributed by atoms with van der Waals surface area (Å²) in [4.78, 5) is 28.0. The molecular formula is C18H21N2O3-. The number of rotatable bonds is 3. The molecule has 0 radical (unpaired) electrons. The Morgan fingerprint density at radius 1 is 0.913 bits per heavy atom. The number of allylic oxidation sites excluding steroid dienone is 2. The van der Waals surface area contributed by atoms with Crippen molar-refractivity contribution in [2.75, 3.05) is 31.1 Å². The van der Waals surface area contributed by atoms with Gasteiger partial charge < -0.3 is 19.7 Å². The summed E-state index contributed by atoms with van der Waals surface area (Å²) >= 11 is 0. The molecule has 5 nitrogen and oxygen atoms in total. The van der Waals surface area contributed by atoms with Gasteiger partial charge in [0.1, 0.15) is 0 Å². The van der Waals surface area contributed by atoms with Gasteiger partial charge in [-0.05, 0) is 25.0 Å². The molecule has 2 atom stereocenters. The first-order valence-corrected chi connectivity index (χ1v) is 8.11. The standard InChI is InChI=1S/C18H22N2O3/c21-17(15-8-4-5-9-16(15)18(22)23)20-12-10-19(11-13-20)14-6-2-1-3-7-14/h1-7,15-16H,8-13H2,(H,22,23)/p-1/t15-,16+/m0/s1. The maximum Gasteiger partial charge on any atom is 0.226 e. The van der Waals surface area contributed by atoms with Crippen LogP contribution in [0, 0.1) is 11.8 Å². The normalized spacial score (nSPS) is 24.5. The van der Waals surface area contributed by atoms with Crippen LogP contribution in [-0.4, -0.2) is 43.0 Å². The highest BCUT2D eigenvalue weighted by molar-refractivity contribution is 5.85. The first-order valence-electron chi connectivity index (χ1n) is 8.11. The number of carbonyl (C=O) groups is 2. The van der Waals surface area contributed by atoms with Crippen LogP contribution in [0.25, 0.3) is 0 Å². The van der Waals surface area contributed by atoms with Gasteiger partial charge in [-0.2, -0.15) is 0 Å². The second kappa shape index (κ2) is 6.86. The molecule has 0 unspecified atom stereocenters. The Morgan fingerprint density at radius 3 is 2.13 bits per heavy atom. The van der Waals surface area contributed by atoms with Crippen LogP contribution in [-0.2, 0) is 9.59 Å². The Kier molecular flexibility index (Phi) is 4.65. The van der Waals surface area contributed by atoms with Crippen molar-refractivity contribution >= 4 is 17.6 Å². The van der Waals surface area contributed by atoms with Crippen molar-refractivity contribution in [3.8, 4) is 0 Å². The molecule has 1 heterocycles. The van der Waals surface area contributed by atoms with E-state index in [1.807, 2.05) is 30.4 Å². The van der Waals surface area contributed by atoms with E-state index in [0.29, 0.717) is 25.9 Å². The highest BCUT2D eigenvalue weighted by Gasteiger charge is 2.34. The number of benzene rings is 1. The predicted molar refractivity (Wildman–Crippen MR) is 85.6 cm³/mol. The molecule has 23 heavy (non-hydrogen) atoms. The second-order valence-corrected chi connectivity index (χ2v) is 6.12. The number of carbonyl (C=O) groups excluding carboxylic acids is 2. The van der Waals surface area contributed by atoms with E-state index >= 15 is 0 Å². The van der Waals surface area contributed by atoms with Crippen molar-refractivity contribution < 1.29 is 14.7 Å². The molecule has 1 amide bonds. The van der Waals surface area contributed by atoms with Crippen LogP contribution in [0.15, 0.2) is 42.5 Å². The third-order valence-corrected chi connectivity index (χ3v) is 4.77. The van der Waals surface area contributed by atoms with Gasteiger partial charge in [-0.15, -0.1) is 0 Å². The minimum Gasteiger partial charge on any atom is -0.550 e. The van der Waals surface area contributed by atoms with Crippen LogP contribution in [0.4, 0.5) is 5.69 Å². The van der Waals surface area contributed by atoms with Crippen molar-refractivity contribution in [3.63, 3.8) is 0 Å². The Labute approximate surface area is 136 Å². The predicted octanol–water partition coefficient (Wildman–Crippen LogP) is 0.667. The Balaban J connectivity index is 1.62. The van der Waals surface area contributed by atoms with Crippen molar-refractivity contribution in [1.82, 2.24) is 4.90 Å². The lowest BCUT2D eigenvalue weighted by Gasteiger charge is -2.39. The number of hydrogen-bond donors (Lipinski definition) is 0. The monoisotopic (exact) mass is 313 g/mol. The summed E-state index contributed by atoms with van der Waals surface area (Å²) in [5, 5.41) is 11.3. The molecule has 122 valence electrons. The summed E-state index contributed by atoms with van der Waals surface area (Å²) in [6, 6.07) is 10.1. The Bertz CT molecular complexity index is 592. The van der Waals surface area contributed by atoms with E-state index in [0.717, 1.165) is 18.8 Å². The van der Waals surface area contributed by atoms with Gasteiger partial charge in [-0.1, -0.05) is 30.4 Å². The van der Waals surface area contributed by atoms with Gasteiger partial charge in [0.15, 0.2) is 0 Å². The highest BCUT2D eigenvalue weighted by atomic mass is 16.4. The molecular weight excluding hydrogens is 292 g/mol. The molecule has 1 aromatic rings. The number of nitrogens with zero attached hydrogens (tertiary/aromatic N) is 2. The number of piperazine rings is 1. The van der Waals surface area contributed by atoms with E-state index < -0.39 is 17.8 Å². The van der Waals surface area contributed by atoms with E-state index in [-0.39, 0.29) is 5.91 Å². The number of aliphatic carboxylic acids is 1. The van der Waals surface area contributed by atoms with E-state index in [4.69, 9.17) is 0 Å². The average molecular weight is 313 g/mol. The molecule has 1 aliphatic carbocycles. The van der Waals surface area contributed by atoms with E-state index in [2.05, 4.69) is 17.0 Å². The SMILES string of the molecule is O=C([O-])[C@@H]1CC=CC[C@@H]1C(=O)N1CCN(c2ccccc2)CC1. The van der Waals surface area contributed by atoms with Gasteiger partial charge in [-0.3, -0.25) is 4.79 Å². The molecule has 1 aliphatic heterocycles. The van der Waals surface area contributed by atoms with Crippen LogP contribution in [0.3, 0.4) is 0 Å². The molecule has 1 saturated heterocycles. The molecule has 0 saturated carbocycles. The molecule has 0 spiro atoms. The van der Waals surface area contributed by atoms with Crippen molar-refractivity contribution in [1.29, 1.82) is 0 Å². The minimum absolute atomic E-state index is 0.0451. The van der Waals surface area contributed by atoms with Crippen LogP contribution >= 0.6 is 0 Å². The Hall–Kier alpha value is -2.30. The highest BCUT2D eigenvalue weighted by Crippen LogP contribution is 2.28. The fourth-order valence-electron chi connectivity index (χ4n) is 3.41. The molecule has 0 bridgehead atoms. The zero-order valence-corrected chi connectivity index (χ0v) is 13.1. The lowest BCUT2D eigenvalue weighted by atomic mass is 9.82. The quantitative estimate of drug-likeness (QED) is 0.769. The number of carboxylic acids is 1. The minimum atomic E-state index is -1.12. The maximum atomic E-state index is 12.7. The first-order chi connectivity index (χ1) is 11.2. The van der Waals surface area contributed by atoms with Crippen molar-refractivity contribution in [3.05, 3.63) is 42.5 Å². The van der Waals surface area contributed by atoms with Gasteiger partial charge in [0.25, 0.3) is 0 Å². The van der Waals surface area contributed by atoms with Crippen LogP contribution in [0.5, 0.6) is 0 Å². The molecule has 0 N–H and O–H groups in total. The average Bonchev–Trinajstić information content (AvgIpc) is 2.62. The van der Waals surface area contributed by atoms with E-state index in [1.54, 1.807) is 4.90 Å². The number of amides is 1. The van der Waals surface area contributed by atoms with Gasteiger partial charge in [0, 0.05) is 49.7 Å². The van der Waals surface area contributed by atoms with Crippen LogP contribution in [0.1, 0.15) is 12.8 Å². The maximum absolute atomic E-state index is 12.7. The van der Waals surface area contributed by atoms with Crippen LogP contribution in [0.2, 0.25) is 0 Å². The summed E-state index contributed by atoms with van der Waals surface area (Å²) in [6.45, 7) is 2.81. The Morgan fingerprint density at radius 2 is 1.52 bits per heavy atom. The molecule has 2 aliphatic rings. The lowest BCUT2D eigenvalue weighted by molar-refractivity contribution is -0.313. The van der Waals surface area contributed by atoms with Gasteiger partial charge >= 0.3 is 0 Å². The summed E-state index contributed by atoms with van der Waals surface area (Å²) in [5.41, 5.74) is 1.16. The van der Waals surface area contributed by atoms with Gasteiger partial charge in [0.2, 0.25) is 5.91 Å². The summed E-state index contributed by atoms with van der Waals surface area (Å²) in [7, 11) is 0. The lowest BCUT2D eigenvalue weighted by Crippen LogP contribution is -2.52. The smallest absolute Gasteiger partial charge is 0.226 e. The fraction of sp³-hybridized carbons (Fsp3) is 0.444. The third-order valence-electron chi connectivity index (χ3n) is 4.77. The molecule has 1 aromatic carbocycles. The fourth-order valence-corrected chi connectivity index (χ4v) is 3.41. The third kappa shape index (κ3) is 3.38. The zero-order chi connectivity index (χ0) is 16.2. The number of carboxylic acid groups (broad SMARTS) is 1. The number of anilines is 1. The zero-order valence-electron chi connectivity index (χ0n) is 13.1. The molecule has 1 fully saturated rings. The topological polar surface area (TPSA) is 63.7 Å². The van der Waals surface area contributed by atoms with Gasteiger partial charge in [-0.25, -0.2) is 0 Å². The summed E-state index contributed by atoms with van der Waals surface area (Å²) < 4.78 is 0. The molecule has 5 heteroatoms. The van der Waals surface area contributed by atoms with Crippen LogP contribution < -0.4 is 10.0 Å². The van der Waals surface area contributed by atoms with Crippen molar-refractivity contribution in [2.45, 2.75) is 12.8 Å². The van der Waals surface area contributed by atoms with E-state index in [1.165, 1.54) is 0 Å². The number of para-hydroxylation sites is 1. The van der Waals surface area contributed by atoms with Crippen molar-refractivity contribution in [2.24, 2.45) is 11.8 Å². The second-order valence-electron chi connectivity index (χ2n) is 6.12.